The summed E-state index contributed by atoms with van der Waals surface area (Å²) in [5, 5.41) is 2.15. The molecule has 0 aliphatic carbocycles. The van der Waals surface area contributed by atoms with E-state index >= 15 is 0 Å². The minimum absolute atomic E-state index is 0.310. The molecule has 0 aliphatic heterocycles. The summed E-state index contributed by atoms with van der Waals surface area (Å²) in [6.07, 6.45) is 0. The van der Waals surface area contributed by atoms with Crippen LogP contribution in [0.4, 0.5) is 13.2 Å². The third-order valence-electron chi connectivity index (χ3n) is 6.81. The first-order chi connectivity index (χ1) is 19.1. The quantitative estimate of drug-likeness (QED) is 0.147. The molecule has 3 nitrogen and oxygen atoms in total. The molecule has 0 spiro atoms. The van der Waals surface area contributed by atoms with Gasteiger partial charge in [0.2, 0.25) is 0 Å². The van der Waals surface area contributed by atoms with Crippen LogP contribution < -0.4 is 4.18 Å². The molecule has 9 heteroatoms. The first-order valence-corrected chi connectivity index (χ1v) is 15.3. The van der Waals surface area contributed by atoms with Crippen LogP contribution in [0, 0.1) is 13.8 Å². The molecular formula is C31H21F3O3S3. The summed E-state index contributed by atoms with van der Waals surface area (Å²) in [4.78, 5) is 3.00. The van der Waals surface area contributed by atoms with Crippen molar-refractivity contribution in [2.45, 2.75) is 19.4 Å². The smallest absolute Gasteiger partial charge is 0.375 e. The molecule has 2 heterocycles. The second-order valence-corrected chi connectivity index (χ2v) is 13.1. The van der Waals surface area contributed by atoms with Gasteiger partial charge in [0.25, 0.3) is 0 Å². The number of benzene rings is 4. The van der Waals surface area contributed by atoms with Gasteiger partial charge in [-0.1, -0.05) is 78.9 Å². The van der Waals surface area contributed by atoms with Crippen LogP contribution in [-0.4, -0.2) is 13.9 Å². The van der Waals surface area contributed by atoms with Gasteiger partial charge in [-0.25, -0.2) is 0 Å². The average Bonchev–Trinajstić information content (AvgIpc) is 3.44. The lowest BCUT2D eigenvalue weighted by atomic mass is 9.92. The van der Waals surface area contributed by atoms with Gasteiger partial charge in [0.1, 0.15) is 0 Å². The molecular weight excluding hydrogens is 574 g/mol. The molecule has 0 aliphatic rings. The molecule has 2 aromatic heterocycles. The van der Waals surface area contributed by atoms with Crippen LogP contribution in [0.15, 0.2) is 91.0 Å². The van der Waals surface area contributed by atoms with Crippen LogP contribution >= 0.6 is 22.7 Å². The zero-order valence-electron chi connectivity index (χ0n) is 21.2. The SMILES string of the molecule is Cc1sc(-c2ccccc2)c(C)c1-c1sc2ccccc2c1-c1c(OS(=O)(=O)C(F)(F)F)ccc2ccccc12. The van der Waals surface area contributed by atoms with E-state index in [9.17, 15) is 21.6 Å². The Labute approximate surface area is 237 Å². The molecule has 4 aromatic carbocycles. The summed E-state index contributed by atoms with van der Waals surface area (Å²) in [6, 6.07) is 27.7. The average molecular weight is 595 g/mol. The number of hydrogen-bond acceptors (Lipinski definition) is 5. The number of alkyl halides is 3. The zero-order valence-corrected chi connectivity index (χ0v) is 23.7. The fourth-order valence-corrected chi connectivity index (χ4v) is 8.14. The van der Waals surface area contributed by atoms with Crippen LogP contribution in [0.2, 0.25) is 0 Å². The number of aryl methyl sites for hydroxylation is 1. The number of fused-ring (bicyclic) bond motifs is 2. The van der Waals surface area contributed by atoms with Gasteiger partial charge < -0.3 is 4.18 Å². The second kappa shape index (κ2) is 9.76. The van der Waals surface area contributed by atoms with Gasteiger partial charge in [-0.15, -0.1) is 22.7 Å². The van der Waals surface area contributed by atoms with E-state index < -0.39 is 15.6 Å². The van der Waals surface area contributed by atoms with Crippen molar-refractivity contribution in [3.8, 4) is 37.8 Å². The van der Waals surface area contributed by atoms with Crippen molar-refractivity contribution < 1.29 is 25.8 Å². The van der Waals surface area contributed by atoms with E-state index in [4.69, 9.17) is 4.18 Å². The van der Waals surface area contributed by atoms with Crippen LogP contribution in [-0.2, 0) is 10.1 Å². The molecule has 0 radical (unpaired) electrons. The third-order valence-corrected chi connectivity index (χ3v) is 10.2. The van der Waals surface area contributed by atoms with Gasteiger partial charge in [0.05, 0.1) is 0 Å². The minimum Gasteiger partial charge on any atom is -0.375 e. The van der Waals surface area contributed by atoms with E-state index in [1.54, 1.807) is 29.5 Å². The number of halogens is 3. The van der Waals surface area contributed by atoms with Crippen LogP contribution in [0.3, 0.4) is 0 Å². The summed E-state index contributed by atoms with van der Waals surface area (Å²) in [6.45, 7) is 4.08. The minimum atomic E-state index is -5.91. The summed E-state index contributed by atoms with van der Waals surface area (Å²) >= 11 is 3.18. The maximum Gasteiger partial charge on any atom is 0.534 e. The van der Waals surface area contributed by atoms with E-state index in [1.165, 1.54) is 17.4 Å². The largest absolute Gasteiger partial charge is 0.534 e. The number of rotatable bonds is 5. The monoisotopic (exact) mass is 594 g/mol. The zero-order chi connectivity index (χ0) is 28.2. The molecule has 0 atom stereocenters. The molecule has 0 unspecified atom stereocenters. The van der Waals surface area contributed by atoms with E-state index in [0.717, 1.165) is 46.8 Å². The normalized spacial score (nSPS) is 12.3. The van der Waals surface area contributed by atoms with Gasteiger partial charge >= 0.3 is 15.6 Å². The summed E-state index contributed by atoms with van der Waals surface area (Å²) in [5.41, 5.74) is -1.50. The Bertz CT molecular complexity index is 2000. The highest BCUT2D eigenvalue weighted by molar-refractivity contribution is 7.88. The molecule has 0 saturated heterocycles. The Morgan fingerprint density at radius 2 is 1.32 bits per heavy atom. The first-order valence-electron chi connectivity index (χ1n) is 12.3. The Kier molecular flexibility index (Phi) is 6.48. The molecule has 0 N–H and O–H groups in total. The molecule has 0 amide bonds. The molecule has 0 saturated carbocycles. The van der Waals surface area contributed by atoms with Crippen molar-refractivity contribution in [2.24, 2.45) is 0 Å². The lowest BCUT2D eigenvalue weighted by molar-refractivity contribution is -0.0499. The van der Waals surface area contributed by atoms with Crippen molar-refractivity contribution in [3.05, 3.63) is 101 Å². The molecule has 202 valence electrons. The van der Waals surface area contributed by atoms with Crippen molar-refractivity contribution in [2.75, 3.05) is 0 Å². The fourth-order valence-electron chi connectivity index (χ4n) is 5.07. The van der Waals surface area contributed by atoms with Crippen molar-refractivity contribution in [3.63, 3.8) is 0 Å². The fraction of sp³-hybridized carbons (Fsp3) is 0.0968. The predicted octanol–water partition coefficient (Wildman–Crippen LogP) is 9.96. The van der Waals surface area contributed by atoms with Crippen molar-refractivity contribution >= 4 is 53.7 Å². The topological polar surface area (TPSA) is 43.4 Å². The van der Waals surface area contributed by atoms with Crippen LogP contribution in [0.1, 0.15) is 10.4 Å². The highest BCUT2D eigenvalue weighted by Gasteiger charge is 2.49. The Hall–Kier alpha value is -3.66. The van der Waals surface area contributed by atoms with Crippen molar-refractivity contribution in [1.82, 2.24) is 0 Å². The maximum atomic E-state index is 13.5. The molecule has 0 fully saturated rings. The van der Waals surface area contributed by atoms with Gasteiger partial charge in [0, 0.05) is 41.4 Å². The summed E-state index contributed by atoms with van der Waals surface area (Å²) in [7, 11) is -5.91. The second-order valence-electron chi connectivity index (χ2n) is 9.30. The van der Waals surface area contributed by atoms with Crippen LogP contribution in [0.5, 0.6) is 5.75 Å². The maximum absolute atomic E-state index is 13.5. The predicted molar refractivity (Wildman–Crippen MR) is 159 cm³/mol. The number of thiophene rings is 2. The van der Waals surface area contributed by atoms with E-state index in [1.807, 2.05) is 80.6 Å². The highest BCUT2D eigenvalue weighted by atomic mass is 32.2. The summed E-state index contributed by atoms with van der Waals surface area (Å²) in [5.74, 6) is -0.366. The third kappa shape index (κ3) is 4.38. The van der Waals surface area contributed by atoms with E-state index in [2.05, 4.69) is 0 Å². The standard InChI is InChI=1S/C31H21F3O3S3/c1-18-26(19(2)38-29(18)21-11-4-3-5-12-21)30-28(23-14-8-9-15-25(23)39-30)27-22-13-7-6-10-20(22)16-17-24(27)37-40(35,36)31(32,33)34/h3-17H,1-2H3. The van der Waals surface area contributed by atoms with Crippen LogP contribution in [0.25, 0.3) is 52.9 Å². The molecule has 40 heavy (non-hydrogen) atoms. The lowest BCUT2D eigenvalue weighted by Gasteiger charge is -2.17. The first kappa shape index (κ1) is 26.6. The van der Waals surface area contributed by atoms with Gasteiger partial charge in [-0.3, -0.25) is 0 Å². The van der Waals surface area contributed by atoms with Gasteiger partial charge in [-0.2, -0.15) is 21.6 Å². The lowest BCUT2D eigenvalue weighted by Crippen LogP contribution is -2.28. The van der Waals surface area contributed by atoms with E-state index in [0.29, 0.717) is 16.5 Å². The Morgan fingerprint density at radius 1 is 0.675 bits per heavy atom. The molecule has 6 rings (SSSR count). The molecule has 0 bridgehead atoms. The Morgan fingerprint density at radius 3 is 2.05 bits per heavy atom. The molecule has 6 aromatic rings. The number of hydrogen-bond donors (Lipinski definition) is 0. The van der Waals surface area contributed by atoms with Gasteiger partial charge in [0.15, 0.2) is 5.75 Å². The Balaban J connectivity index is 1.71. The highest BCUT2D eigenvalue weighted by Crippen LogP contribution is 2.53. The summed E-state index contributed by atoms with van der Waals surface area (Å²) < 4.78 is 70.6. The van der Waals surface area contributed by atoms with Crippen molar-refractivity contribution in [1.29, 1.82) is 0 Å². The van der Waals surface area contributed by atoms with E-state index in [-0.39, 0.29) is 5.75 Å². The van der Waals surface area contributed by atoms with Gasteiger partial charge in [-0.05, 0) is 47.9 Å².